The van der Waals surface area contributed by atoms with E-state index < -0.39 is 5.79 Å². The van der Waals surface area contributed by atoms with Crippen molar-refractivity contribution in [3.05, 3.63) is 24.3 Å². The number of para-hydroxylation sites is 2. The lowest BCUT2D eigenvalue weighted by molar-refractivity contribution is -0.136. The van der Waals surface area contributed by atoms with Gasteiger partial charge < -0.3 is 20.1 Å². The second kappa shape index (κ2) is 6.22. The number of nitrogens with zero attached hydrogens (tertiary/aromatic N) is 2. The Morgan fingerprint density at radius 3 is 2.60 bits per heavy atom. The van der Waals surface area contributed by atoms with Crippen molar-refractivity contribution in [2.75, 3.05) is 32.7 Å². The molecular weight excluding hydrogens is 322 g/mol. The van der Waals surface area contributed by atoms with Gasteiger partial charge in [-0.1, -0.05) is 12.1 Å². The van der Waals surface area contributed by atoms with Gasteiger partial charge in [-0.3, -0.25) is 14.5 Å². The molecule has 7 nitrogen and oxygen atoms in total. The molecule has 4 rings (SSSR count). The maximum Gasteiger partial charge on any atom is 0.265 e. The van der Waals surface area contributed by atoms with E-state index in [2.05, 4.69) is 4.90 Å². The lowest BCUT2D eigenvalue weighted by Crippen LogP contribution is -2.48. The van der Waals surface area contributed by atoms with Crippen LogP contribution >= 0.6 is 0 Å². The van der Waals surface area contributed by atoms with Gasteiger partial charge in [0.15, 0.2) is 11.5 Å². The molecule has 2 saturated heterocycles. The van der Waals surface area contributed by atoms with Gasteiger partial charge in [-0.2, -0.15) is 0 Å². The number of hydrogen-bond donors (Lipinski definition) is 1. The normalized spacial score (nSPS) is 24.6. The van der Waals surface area contributed by atoms with Crippen LogP contribution in [0.25, 0.3) is 0 Å². The fourth-order valence-electron chi connectivity index (χ4n) is 3.90. The van der Waals surface area contributed by atoms with E-state index >= 15 is 0 Å². The number of amides is 2. The Morgan fingerprint density at radius 1 is 1.20 bits per heavy atom. The second-order valence-electron chi connectivity index (χ2n) is 7.10. The molecule has 1 aromatic rings. The fraction of sp³-hybridized carbons (Fsp3) is 0.556. The van der Waals surface area contributed by atoms with E-state index in [9.17, 15) is 9.59 Å². The van der Waals surface area contributed by atoms with Crippen LogP contribution in [-0.4, -0.2) is 60.1 Å². The van der Waals surface area contributed by atoms with E-state index in [1.807, 2.05) is 24.3 Å². The maximum absolute atomic E-state index is 12.6. The number of likely N-dealkylation sites (tertiary alicyclic amines) is 2. The number of hydrogen-bond acceptors (Lipinski definition) is 5. The summed E-state index contributed by atoms with van der Waals surface area (Å²) in [5, 5.41) is 0. The molecule has 7 heteroatoms. The average molecular weight is 345 g/mol. The zero-order valence-electron chi connectivity index (χ0n) is 14.1. The predicted molar refractivity (Wildman–Crippen MR) is 90.0 cm³/mol. The van der Waals surface area contributed by atoms with Gasteiger partial charge in [-0.15, -0.1) is 0 Å². The van der Waals surface area contributed by atoms with Crippen LogP contribution in [0.1, 0.15) is 19.3 Å². The summed E-state index contributed by atoms with van der Waals surface area (Å²) in [5.41, 5.74) is 5.39. The number of nitrogens with two attached hydrogens (primary N) is 1. The Labute approximate surface area is 146 Å². The first kappa shape index (κ1) is 16.2. The molecule has 0 saturated carbocycles. The molecular formula is C18H23N3O4. The lowest BCUT2D eigenvalue weighted by atomic mass is 9.97. The van der Waals surface area contributed by atoms with Crippen LogP contribution in [0.15, 0.2) is 24.3 Å². The van der Waals surface area contributed by atoms with Crippen molar-refractivity contribution >= 4 is 11.8 Å². The van der Waals surface area contributed by atoms with Crippen molar-refractivity contribution in [2.45, 2.75) is 25.0 Å². The molecule has 1 aromatic carbocycles. The number of benzene rings is 1. The molecule has 25 heavy (non-hydrogen) atoms. The van der Waals surface area contributed by atoms with Crippen LogP contribution in [0, 0.1) is 5.92 Å². The third-order valence-corrected chi connectivity index (χ3v) is 5.25. The number of fused-ring (bicyclic) bond motifs is 1. The van der Waals surface area contributed by atoms with E-state index in [-0.39, 0.29) is 17.7 Å². The van der Waals surface area contributed by atoms with Crippen molar-refractivity contribution < 1.29 is 19.1 Å². The molecule has 0 bridgehead atoms. The topological polar surface area (TPSA) is 85.1 Å². The zero-order chi connectivity index (χ0) is 17.4. The summed E-state index contributed by atoms with van der Waals surface area (Å²) in [6.45, 7) is 2.75. The molecule has 3 heterocycles. The van der Waals surface area contributed by atoms with Crippen LogP contribution in [-0.2, 0) is 9.59 Å². The molecule has 3 aliphatic rings. The quantitative estimate of drug-likeness (QED) is 0.866. The minimum atomic E-state index is -0.679. The van der Waals surface area contributed by atoms with Crippen molar-refractivity contribution in [1.82, 2.24) is 9.80 Å². The van der Waals surface area contributed by atoms with Gasteiger partial charge in [0, 0.05) is 26.1 Å². The van der Waals surface area contributed by atoms with Crippen LogP contribution in [0.5, 0.6) is 11.5 Å². The Hall–Kier alpha value is -2.28. The van der Waals surface area contributed by atoms with Crippen molar-refractivity contribution in [1.29, 1.82) is 0 Å². The Balaban J connectivity index is 1.34. The highest BCUT2D eigenvalue weighted by Gasteiger charge is 2.47. The predicted octanol–water partition coefficient (Wildman–Crippen LogP) is 0.584. The second-order valence-corrected chi connectivity index (χ2v) is 7.10. The minimum Gasteiger partial charge on any atom is -0.447 e. The van der Waals surface area contributed by atoms with Gasteiger partial charge in [-0.25, -0.2) is 0 Å². The summed E-state index contributed by atoms with van der Waals surface area (Å²) < 4.78 is 12.0. The molecule has 0 radical (unpaired) electrons. The van der Waals surface area contributed by atoms with Gasteiger partial charge in [-0.05, 0) is 25.0 Å². The van der Waals surface area contributed by atoms with Gasteiger partial charge in [0.25, 0.3) is 5.79 Å². The monoisotopic (exact) mass is 345 g/mol. The summed E-state index contributed by atoms with van der Waals surface area (Å²) in [5.74, 6) is 0.342. The van der Waals surface area contributed by atoms with E-state index in [1.165, 1.54) is 0 Å². The standard InChI is InChI=1S/C18H23N3O4/c19-17(23)13-4-3-8-21(10-13)16(22)11-20-9-7-18(12-20)24-14-5-1-2-6-15(14)25-18/h1-2,5-6,13H,3-4,7-12H2,(H2,19,23). The van der Waals surface area contributed by atoms with Crippen LogP contribution in [0.2, 0.25) is 0 Å². The highest BCUT2D eigenvalue weighted by atomic mass is 16.7. The SMILES string of the molecule is NC(=O)C1CCCN(C(=O)CN2CCC3(C2)Oc2ccccc2O3)C1. The van der Waals surface area contributed by atoms with E-state index in [0.29, 0.717) is 26.2 Å². The number of carbonyl (C=O) groups is 2. The molecule has 2 amide bonds. The summed E-state index contributed by atoms with van der Waals surface area (Å²) in [4.78, 5) is 27.8. The minimum absolute atomic E-state index is 0.0403. The van der Waals surface area contributed by atoms with Gasteiger partial charge in [0.1, 0.15) is 0 Å². The van der Waals surface area contributed by atoms with E-state index in [1.54, 1.807) is 4.90 Å². The average Bonchev–Trinajstić information content (AvgIpc) is 3.17. The maximum atomic E-state index is 12.6. The summed E-state index contributed by atoms with van der Waals surface area (Å²) in [6, 6.07) is 7.64. The molecule has 1 atom stereocenters. The molecule has 0 aliphatic carbocycles. The number of ether oxygens (including phenoxy) is 2. The van der Waals surface area contributed by atoms with Gasteiger partial charge >= 0.3 is 0 Å². The first-order chi connectivity index (χ1) is 12.0. The molecule has 3 aliphatic heterocycles. The smallest absolute Gasteiger partial charge is 0.265 e. The van der Waals surface area contributed by atoms with Crippen LogP contribution in [0.4, 0.5) is 0 Å². The van der Waals surface area contributed by atoms with Crippen LogP contribution in [0.3, 0.4) is 0 Å². The lowest BCUT2D eigenvalue weighted by Gasteiger charge is -2.32. The largest absolute Gasteiger partial charge is 0.447 e. The number of piperidine rings is 1. The summed E-state index contributed by atoms with van der Waals surface area (Å²) >= 11 is 0. The molecule has 1 spiro atoms. The third-order valence-electron chi connectivity index (χ3n) is 5.25. The van der Waals surface area contributed by atoms with Crippen molar-refractivity contribution in [3.63, 3.8) is 0 Å². The highest BCUT2D eigenvalue weighted by molar-refractivity contribution is 5.81. The molecule has 2 N–H and O–H groups in total. The Kier molecular flexibility index (Phi) is 4.03. The number of carbonyl (C=O) groups excluding carboxylic acids is 2. The third kappa shape index (κ3) is 3.16. The van der Waals surface area contributed by atoms with Crippen molar-refractivity contribution in [3.8, 4) is 11.5 Å². The molecule has 0 aromatic heterocycles. The Morgan fingerprint density at radius 2 is 1.92 bits per heavy atom. The molecule has 134 valence electrons. The first-order valence-corrected chi connectivity index (χ1v) is 8.81. The number of rotatable bonds is 3. The molecule has 2 fully saturated rings. The summed E-state index contributed by atoms with van der Waals surface area (Å²) in [6.07, 6.45) is 2.32. The van der Waals surface area contributed by atoms with Gasteiger partial charge in [0.2, 0.25) is 11.8 Å². The first-order valence-electron chi connectivity index (χ1n) is 8.81. The van der Waals surface area contributed by atoms with E-state index in [0.717, 1.165) is 37.3 Å². The zero-order valence-corrected chi connectivity index (χ0v) is 14.1. The Bertz CT molecular complexity index is 668. The fourth-order valence-corrected chi connectivity index (χ4v) is 3.90. The van der Waals surface area contributed by atoms with E-state index in [4.69, 9.17) is 15.2 Å². The highest BCUT2D eigenvalue weighted by Crippen LogP contribution is 2.42. The van der Waals surface area contributed by atoms with Crippen molar-refractivity contribution in [2.24, 2.45) is 11.7 Å². The summed E-state index contributed by atoms with van der Waals surface area (Å²) in [7, 11) is 0. The number of primary amides is 1. The van der Waals surface area contributed by atoms with Gasteiger partial charge in [0.05, 0.1) is 19.0 Å². The molecule has 1 unspecified atom stereocenters. The van der Waals surface area contributed by atoms with Crippen LogP contribution < -0.4 is 15.2 Å².